The molecule has 3 rings (SSSR count). The van der Waals surface area contributed by atoms with E-state index in [0.717, 1.165) is 17.0 Å². The fourth-order valence-corrected chi connectivity index (χ4v) is 1.98. The van der Waals surface area contributed by atoms with Crippen LogP contribution in [0.1, 0.15) is 12.6 Å². The van der Waals surface area contributed by atoms with Gasteiger partial charge in [-0.05, 0) is 6.92 Å². The maximum atomic E-state index is 5.35. The van der Waals surface area contributed by atoms with Crippen LogP contribution in [0.5, 0.6) is 5.88 Å². The lowest BCUT2D eigenvalue weighted by Gasteiger charge is -2.05. The molecule has 6 heteroatoms. The van der Waals surface area contributed by atoms with Gasteiger partial charge in [0.25, 0.3) is 0 Å². The molecule has 1 aromatic carbocycles. The largest absolute Gasteiger partial charge is 0.478 e. The molecule has 2 heterocycles. The first kappa shape index (κ1) is 14.1. The third kappa shape index (κ3) is 3.41. The van der Waals surface area contributed by atoms with Crippen LogP contribution in [0.2, 0.25) is 0 Å². The van der Waals surface area contributed by atoms with E-state index in [0.29, 0.717) is 24.8 Å². The Morgan fingerprint density at radius 3 is 2.82 bits per heavy atom. The monoisotopic (exact) mass is 296 g/mol. The standard InChI is InChI=1S/C16H16N4O2/c1-2-21-16-9-15(18-11-19-16)17-10-13-8-14(22-20-13)12-6-4-3-5-7-12/h3-9,11H,2,10H2,1H3,(H,17,18,19). The molecule has 0 saturated carbocycles. The lowest BCUT2D eigenvalue weighted by molar-refractivity contribution is 0.326. The summed E-state index contributed by atoms with van der Waals surface area (Å²) in [5, 5.41) is 7.23. The summed E-state index contributed by atoms with van der Waals surface area (Å²) in [6.07, 6.45) is 1.46. The minimum Gasteiger partial charge on any atom is -0.478 e. The second-order valence-corrected chi connectivity index (χ2v) is 4.58. The third-order valence-corrected chi connectivity index (χ3v) is 3.00. The molecule has 1 N–H and O–H groups in total. The fourth-order valence-electron chi connectivity index (χ4n) is 1.98. The summed E-state index contributed by atoms with van der Waals surface area (Å²) >= 11 is 0. The summed E-state index contributed by atoms with van der Waals surface area (Å²) in [6.45, 7) is 2.99. The van der Waals surface area contributed by atoms with Crippen molar-refractivity contribution >= 4 is 5.82 Å². The summed E-state index contributed by atoms with van der Waals surface area (Å²) in [4.78, 5) is 8.16. The molecule has 0 fully saturated rings. The number of hydrogen-bond donors (Lipinski definition) is 1. The highest BCUT2D eigenvalue weighted by atomic mass is 16.5. The molecule has 0 spiro atoms. The van der Waals surface area contributed by atoms with Gasteiger partial charge in [0.05, 0.1) is 13.2 Å². The number of rotatable bonds is 6. The minimum absolute atomic E-state index is 0.513. The Kier molecular flexibility index (Phi) is 4.29. The van der Waals surface area contributed by atoms with Crippen LogP contribution in [0.15, 0.2) is 53.3 Å². The SMILES string of the molecule is CCOc1cc(NCc2cc(-c3ccccc3)on2)ncn1. The molecule has 22 heavy (non-hydrogen) atoms. The van der Waals surface area contributed by atoms with Gasteiger partial charge >= 0.3 is 0 Å². The van der Waals surface area contributed by atoms with Gasteiger partial charge in [-0.15, -0.1) is 0 Å². The van der Waals surface area contributed by atoms with Crippen LogP contribution < -0.4 is 10.1 Å². The highest BCUT2D eigenvalue weighted by Gasteiger charge is 2.06. The lowest BCUT2D eigenvalue weighted by Crippen LogP contribution is -2.03. The average molecular weight is 296 g/mol. The highest BCUT2D eigenvalue weighted by molar-refractivity contribution is 5.57. The Hall–Kier alpha value is -2.89. The molecule has 0 aliphatic heterocycles. The van der Waals surface area contributed by atoms with Gasteiger partial charge in [-0.2, -0.15) is 0 Å². The summed E-state index contributed by atoms with van der Waals surface area (Å²) in [5.41, 5.74) is 1.80. The van der Waals surface area contributed by atoms with Gasteiger partial charge in [-0.1, -0.05) is 35.5 Å². The molecule has 0 atom stereocenters. The second kappa shape index (κ2) is 6.71. The molecular formula is C16H16N4O2. The first-order valence-electron chi connectivity index (χ1n) is 7.05. The average Bonchev–Trinajstić information content (AvgIpc) is 3.04. The Balaban J connectivity index is 1.65. The van der Waals surface area contributed by atoms with Crippen LogP contribution in [0.4, 0.5) is 5.82 Å². The Morgan fingerprint density at radius 2 is 2.00 bits per heavy atom. The first-order chi connectivity index (χ1) is 10.8. The maximum absolute atomic E-state index is 5.35. The third-order valence-electron chi connectivity index (χ3n) is 3.00. The molecule has 3 aromatic rings. The first-order valence-corrected chi connectivity index (χ1v) is 7.05. The Morgan fingerprint density at radius 1 is 1.14 bits per heavy atom. The van der Waals surface area contributed by atoms with E-state index in [1.165, 1.54) is 6.33 Å². The van der Waals surface area contributed by atoms with E-state index in [-0.39, 0.29) is 0 Å². The van der Waals surface area contributed by atoms with Crippen molar-refractivity contribution in [2.45, 2.75) is 13.5 Å². The van der Waals surface area contributed by atoms with E-state index < -0.39 is 0 Å². The number of nitrogens with one attached hydrogen (secondary N) is 1. The molecule has 0 saturated heterocycles. The van der Waals surface area contributed by atoms with E-state index >= 15 is 0 Å². The van der Waals surface area contributed by atoms with Gasteiger partial charge in [0.1, 0.15) is 17.8 Å². The summed E-state index contributed by atoms with van der Waals surface area (Å²) in [7, 11) is 0. The van der Waals surface area contributed by atoms with Crippen LogP contribution >= 0.6 is 0 Å². The van der Waals surface area contributed by atoms with Gasteiger partial charge in [0.15, 0.2) is 5.76 Å². The van der Waals surface area contributed by atoms with E-state index in [9.17, 15) is 0 Å². The highest BCUT2D eigenvalue weighted by Crippen LogP contribution is 2.20. The molecule has 0 radical (unpaired) electrons. The van der Waals surface area contributed by atoms with Crippen molar-refractivity contribution in [3.63, 3.8) is 0 Å². The van der Waals surface area contributed by atoms with E-state index in [1.54, 1.807) is 6.07 Å². The predicted molar refractivity (Wildman–Crippen MR) is 82.5 cm³/mol. The van der Waals surface area contributed by atoms with Gasteiger partial charge in [0.2, 0.25) is 5.88 Å². The van der Waals surface area contributed by atoms with Crippen molar-refractivity contribution < 1.29 is 9.26 Å². The molecule has 0 unspecified atom stereocenters. The Bertz CT molecular complexity index is 728. The smallest absolute Gasteiger partial charge is 0.218 e. The van der Waals surface area contributed by atoms with Crippen molar-refractivity contribution in [2.75, 3.05) is 11.9 Å². The summed E-state index contributed by atoms with van der Waals surface area (Å²) < 4.78 is 10.7. The lowest BCUT2D eigenvalue weighted by atomic mass is 10.2. The van der Waals surface area contributed by atoms with Gasteiger partial charge in [-0.25, -0.2) is 9.97 Å². The number of aromatic nitrogens is 3. The summed E-state index contributed by atoms with van der Waals surface area (Å²) in [5.74, 6) is 1.97. The number of ether oxygens (including phenoxy) is 1. The fraction of sp³-hybridized carbons (Fsp3) is 0.188. The van der Waals surface area contributed by atoms with Crippen LogP contribution in [0.25, 0.3) is 11.3 Å². The molecule has 2 aromatic heterocycles. The number of hydrogen-bond acceptors (Lipinski definition) is 6. The van der Waals surface area contributed by atoms with E-state index in [2.05, 4.69) is 20.4 Å². The normalized spacial score (nSPS) is 10.4. The van der Waals surface area contributed by atoms with Gasteiger partial charge in [0, 0.05) is 17.7 Å². The van der Waals surface area contributed by atoms with Crippen molar-refractivity contribution in [3.8, 4) is 17.2 Å². The van der Waals surface area contributed by atoms with E-state index in [4.69, 9.17) is 9.26 Å². The van der Waals surface area contributed by atoms with Gasteiger partial charge < -0.3 is 14.6 Å². The maximum Gasteiger partial charge on any atom is 0.218 e. The quantitative estimate of drug-likeness (QED) is 0.753. The molecular weight excluding hydrogens is 280 g/mol. The van der Waals surface area contributed by atoms with E-state index in [1.807, 2.05) is 43.3 Å². The number of anilines is 1. The van der Waals surface area contributed by atoms with Crippen LogP contribution in [0.3, 0.4) is 0 Å². The van der Waals surface area contributed by atoms with Crippen molar-refractivity contribution in [2.24, 2.45) is 0 Å². The molecule has 0 aliphatic carbocycles. The molecule has 0 amide bonds. The molecule has 112 valence electrons. The summed E-state index contributed by atoms with van der Waals surface area (Å²) in [6, 6.07) is 13.5. The zero-order valence-electron chi connectivity index (χ0n) is 12.2. The molecule has 6 nitrogen and oxygen atoms in total. The number of nitrogens with zero attached hydrogens (tertiary/aromatic N) is 3. The zero-order chi connectivity index (χ0) is 15.2. The van der Waals surface area contributed by atoms with Gasteiger partial charge in [-0.3, -0.25) is 0 Å². The zero-order valence-corrected chi connectivity index (χ0v) is 12.2. The Labute approximate surface area is 128 Å². The van der Waals surface area contributed by atoms with Crippen LogP contribution in [-0.2, 0) is 6.54 Å². The van der Waals surface area contributed by atoms with Crippen LogP contribution in [0, 0.1) is 0 Å². The molecule has 0 bridgehead atoms. The topological polar surface area (TPSA) is 73.1 Å². The molecule has 0 aliphatic rings. The van der Waals surface area contributed by atoms with Crippen molar-refractivity contribution in [3.05, 3.63) is 54.5 Å². The van der Waals surface area contributed by atoms with Crippen molar-refractivity contribution in [1.82, 2.24) is 15.1 Å². The van der Waals surface area contributed by atoms with Crippen molar-refractivity contribution in [1.29, 1.82) is 0 Å². The second-order valence-electron chi connectivity index (χ2n) is 4.58. The minimum atomic E-state index is 0.513. The van der Waals surface area contributed by atoms with Crippen LogP contribution in [-0.4, -0.2) is 21.7 Å². The predicted octanol–water partition coefficient (Wildman–Crippen LogP) is 3.14. The number of benzene rings is 1.